The summed E-state index contributed by atoms with van der Waals surface area (Å²) in [6, 6.07) is 8.73. The van der Waals surface area contributed by atoms with Crippen LogP contribution in [0.4, 0.5) is 5.69 Å². The summed E-state index contributed by atoms with van der Waals surface area (Å²) >= 11 is 12.8. The number of ether oxygens (including phenoxy) is 2. The van der Waals surface area contributed by atoms with Crippen molar-refractivity contribution < 1.29 is 27.5 Å². The number of methoxy groups -OCH3 is 2. The van der Waals surface area contributed by atoms with Crippen molar-refractivity contribution in [2.75, 3.05) is 31.3 Å². The molecule has 1 fully saturated rings. The molecule has 0 heterocycles. The highest BCUT2D eigenvalue weighted by molar-refractivity contribution is 7.92. The number of nitrogens with one attached hydrogen (secondary N) is 1. The first-order valence-electron chi connectivity index (χ1n) is 12.7. The minimum atomic E-state index is -3.91. The zero-order valence-corrected chi connectivity index (χ0v) is 24.9. The van der Waals surface area contributed by atoms with E-state index in [0.29, 0.717) is 33.5 Å². The molecule has 1 unspecified atom stereocenters. The highest BCUT2D eigenvalue weighted by Crippen LogP contribution is 2.33. The van der Waals surface area contributed by atoms with Gasteiger partial charge in [0.1, 0.15) is 12.6 Å². The molecule has 1 aliphatic carbocycles. The third-order valence-electron chi connectivity index (χ3n) is 6.81. The maximum absolute atomic E-state index is 13.9. The Morgan fingerprint density at radius 1 is 1.05 bits per heavy atom. The van der Waals surface area contributed by atoms with Gasteiger partial charge in [0.05, 0.1) is 26.2 Å². The number of hydrogen-bond acceptors (Lipinski definition) is 6. The zero-order valence-electron chi connectivity index (χ0n) is 22.6. The van der Waals surface area contributed by atoms with Gasteiger partial charge in [0.25, 0.3) is 0 Å². The van der Waals surface area contributed by atoms with Gasteiger partial charge in [0.2, 0.25) is 21.8 Å². The van der Waals surface area contributed by atoms with E-state index in [2.05, 4.69) is 5.32 Å². The lowest BCUT2D eigenvalue weighted by molar-refractivity contribution is -0.140. The van der Waals surface area contributed by atoms with Crippen molar-refractivity contribution in [3.05, 3.63) is 52.0 Å². The van der Waals surface area contributed by atoms with Crippen LogP contribution in [0.5, 0.6) is 11.5 Å². The summed E-state index contributed by atoms with van der Waals surface area (Å²) < 4.78 is 37.3. The molecule has 1 aliphatic rings. The summed E-state index contributed by atoms with van der Waals surface area (Å²) in [6.07, 6.45) is 5.15. The van der Waals surface area contributed by atoms with Crippen LogP contribution in [0.2, 0.25) is 10.0 Å². The second-order valence-electron chi connectivity index (χ2n) is 9.44. The molecule has 1 saturated carbocycles. The number of halogens is 2. The second-order valence-corrected chi connectivity index (χ2v) is 12.2. The summed E-state index contributed by atoms with van der Waals surface area (Å²) in [5.41, 5.74) is 0.681. The fourth-order valence-electron chi connectivity index (χ4n) is 4.73. The van der Waals surface area contributed by atoms with Gasteiger partial charge in [-0.05, 0) is 43.5 Å². The maximum atomic E-state index is 13.9. The van der Waals surface area contributed by atoms with Crippen LogP contribution in [-0.2, 0) is 26.2 Å². The number of sulfonamides is 1. The quantitative estimate of drug-likeness (QED) is 0.381. The standard InChI is InChI=1S/C27H35Cl2N3O6S/c1-5-23(27(34)30-18-9-6-7-10-18)31(16-20-21(28)11-8-12-22(20)29)26(33)17-32(39(4,35)36)19-13-14-24(37-2)25(15-19)38-3/h8,11-15,18,23H,5-7,9-10,16-17H2,1-4H3,(H,30,34). The van der Waals surface area contributed by atoms with E-state index in [1.54, 1.807) is 31.2 Å². The predicted molar refractivity (Wildman–Crippen MR) is 153 cm³/mol. The minimum Gasteiger partial charge on any atom is -0.493 e. The summed E-state index contributed by atoms with van der Waals surface area (Å²) in [6.45, 7) is 1.18. The number of amides is 2. The number of anilines is 1. The zero-order chi connectivity index (χ0) is 28.7. The topological polar surface area (TPSA) is 105 Å². The monoisotopic (exact) mass is 599 g/mol. The van der Waals surface area contributed by atoms with Crippen molar-refractivity contribution in [1.82, 2.24) is 10.2 Å². The first kappa shape index (κ1) is 30.8. The van der Waals surface area contributed by atoms with Crippen molar-refractivity contribution in [2.24, 2.45) is 0 Å². The maximum Gasteiger partial charge on any atom is 0.244 e. The first-order valence-corrected chi connectivity index (χ1v) is 15.3. The van der Waals surface area contributed by atoms with Crippen LogP contribution in [0.15, 0.2) is 36.4 Å². The highest BCUT2D eigenvalue weighted by Gasteiger charge is 2.34. The van der Waals surface area contributed by atoms with Gasteiger partial charge in [0, 0.05) is 34.3 Å². The van der Waals surface area contributed by atoms with Gasteiger partial charge in [-0.15, -0.1) is 0 Å². The van der Waals surface area contributed by atoms with Gasteiger partial charge in [-0.1, -0.05) is 49.0 Å². The Morgan fingerprint density at radius 2 is 1.67 bits per heavy atom. The second kappa shape index (κ2) is 13.6. The van der Waals surface area contributed by atoms with Gasteiger partial charge >= 0.3 is 0 Å². The van der Waals surface area contributed by atoms with Gasteiger partial charge < -0.3 is 19.7 Å². The van der Waals surface area contributed by atoms with Gasteiger partial charge in [-0.2, -0.15) is 0 Å². The van der Waals surface area contributed by atoms with E-state index >= 15 is 0 Å². The summed E-state index contributed by atoms with van der Waals surface area (Å²) in [7, 11) is -1.02. The smallest absolute Gasteiger partial charge is 0.244 e. The Morgan fingerprint density at radius 3 is 2.21 bits per heavy atom. The normalized spacial score (nSPS) is 14.5. The summed E-state index contributed by atoms with van der Waals surface area (Å²) in [5.74, 6) is -0.165. The Kier molecular flexibility index (Phi) is 10.7. The lowest BCUT2D eigenvalue weighted by Crippen LogP contribution is -2.53. The Labute approximate surface area is 240 Å². The molecule has 39 heavy (non-hydrogen) atoms. The molecule has 9 nitrogen and oxygen atoms in total. The van der Waals surface area contributed by atoms with Crippen molar-refractivity contribution in [1.29, 1.82) is 0 Å². The SMILES string of the molecule is CCC(C(=O)NC1CCCC1)N(Cc1c(Cl)cccc1Cl)C(=O)CN(c1ccc(OC)c(OC)c1)S(C)(=O)=O. The van der Waals surface area contributed by atoms with Crippen molar-refractivity contribution in [3.8, 4) is 11.5 Å². The molecule has 0 spiro atoms. The average molecular weight is 601 g/mol. The molecular formula is C27H35Cl2N3O6S. The van der Waals surface area contributed by atoms with E-state index < -0.39 is 28.5 Å². The molecule has 0 saturated heterocycles. The molecule has 2 amide bonds. The van der Waals surface area contributed by atoms with Crippen molar-refractivity contribution in [2.45, 2.75) is 57.7 Å². The van der Waals surface area contributed by atoms with Gasteiger partial charge in [-0.3, -0.25) is 13.9 Å². The van der Waals surface area contributed by atoms with Crippen LogP contribution in [0.25, 0.3) is 0 Å². The van der Waals surface area contributed by atoms with E-state index in [1.807, 2.05) is 0 Å². The number of nitrogens with zero attached hydrogens (tertiary/aromatic N) is 2. The molecule has 2 aromatic carbocycles. The fourth-order valence-corrected chi connectivity index (χ4v) is 6.09. The third-order valence-corrected chi connectivity index (χ3v) is 8.66. The molecule has 0 aromatic heterocycles. The minimum absolute atomic E-state index is 0.0479. The van der Waals surface area contributed by atoms with Crippen LogP contribution in [-0.4, -0.2) is 64.2 Å². The van der Waals surface area contributed by atoms with Crippen LogP contribution >= 0.6 is 23.2 Å². The highest BCUT2D eigenvalue weighted by atomic mass is 35.5. The summed E-state index contributed by atoms with van der Waals surface area (Å²) in [5, 5.41) is 3.74. The van der Waals surface area contributed by atoms with Crippen LogP contribution < -0.4 is 19.1 Å². The Hall–Kier alpha value is -2.69. The third kappa shape index (κ3) is 7.70. The molecule has 12 heteroatoms. The molecule has 1 N–H and O–H groups in total. The molecule has 0 aliphatic heterocycles. The lowest BCUT2D eigenvalue weighted by Gasteiger charge is -2.34. The average Bonchev–Trinajstić information content (AvgIpc) is 3.40. The Bertz CT molecular complexity index is 1260. The van der Waals surface area contributed by atoms with Crippen LogP contribution in [0.3, 0.4) is 0 Å². The van der Waals surface area contributed by atoms with E-state index in [1.165, 1.54) is 31.3 Å². The molecule has 214 valence electrons. The predicted octanol–water partition coefficient (Wildman–Crippen LogP) is 4.64. The molecular weight excluding hydrogens is 565 g/mol. The van der Waals surface area contributed by atoms with Crippen LogP contribution in [0, 0.1) is 0 Å². The fraction of sp³-hybridized carbons (Fsp3) is 0.481. The molecule has 3 rings (SSSR count). The summed E-state index contributed by atoms with van der Waals surface area (Å²) in [4.78, 5) is 28.7. The number of hydrogen-bond donors (Lipinski definition) is 1. The van der Waals surface area contributed by atoms with E-state index in [4.69, 9.17) is 32.7 Å². The number of carbonyl (C=O) groups excluding carboxylic acids is 2. The van der Waals surface area contributed by atoms with E-state index in [-0.39, 0.29) is 24.2 Å². The van der Waals surface area contributed by atoms with Crippen molar-refractivity contribution in [3.63, 3.8) is 0 Å². The number of benzene rings is 2. The van der Waals surface area contributed by atoms with Gasteiger partial charge in [0.15, 0.2) is 11.5 Å². The first-order chi connectivity index (χ1) is 18.5. The molecule has 1 atom stereocenters. The number of carbonyl (C=O) groups is 2. The largest absolute Gasteiger partial charge is 0.493 e. The van der Waals surface area contributed by atoms with E-state index in [9.17, 15) is 18.0 Å². The van der Waals surface area contributed by atoms with Gasteiger partial charge in [-0.25, -0.2) is 8.42 Å². The van der Waals surface area contributed by atoms with Crippen molar-refractivity contribution >= 4 is 50.7 Å². The number of rotatable bonds is 12. The lowest BCUT2D eigenvalue weighted by atomic mass is 10.1. The van der Waals surface area contributed by atoms with Crippen LogP contribution in [0.1, 0.15) is 44.6 Å². The molecule has 2 aromatic rings. The Balaban J connectivity index is 1.99. The molecule has 0 bridgehead atoms. The molecule has 0 radical (unpaired) electrons. The van der Waals surface area contributed by atoms with E-state index in [0.717, 1.165) is 36.2 Å².